The van der Waals surface area contributed by atoms with Gasteiger partial charge in [-0.15, -0.1) is 0 Å². The van der Waals surface area contributed by atoms with Gasteiger partial charge < -0.3 is 19.7 Å². The zero-order chi connectivity index (χ0) is 17.1. The summed E-state index contributed by atoms with van der Waals surface area (Å²) in [6.45, 7) is 4.25. The van der Waals surface area contributed by atoms with Gasteiger partial charge in [0.2, 0.25) is 0 Å². The van der Waals surface area contributed by atoms with Gasteiger partial charge in [-0.2, -0.15) is 0 Å². The standard InChI is InChI=1S/C20H25N3O2/c1-24-18-5-3-17(4-6-18)20(8-9-20)22-15-16-2-7-19(21-14-16)23-10-12-25-13-11-23/h2-7,14,22H,8-13,15H2,1H3. The SMILES string of the molecule is COc1ccc(C2(NCc3ccc(N4CCOCC4)nc3)CC2)cc1. The van der Waals surface area contributed by atoms with Crippen molar-refractivity contribution in [3.05, 3.63) is 53.7 Å². The maximum Gasteiger partial charge on any atom is 0.128 e. The number of ether oxygens (including phenoxy) is 2. The normalized spacial score (nSPS) is 18.8. The van der Waals surface area contributed by atoms with Crippen LogP contribution in [0.5, 0.6) is 5.75 Å². The van der Waals surface area contributed by atoms with E-state index < -0.39 is 0 Å². The Balaban J connectivity index is 1.37. The molecule has 5 nitrogen and oxygen atoms in total. The Hall–Kier alpha value is -2.11. The first-order valence-corrected chi connectivity index (χ1v) is 8.96. The molecule has 4 rings (SSSR count). The summed E-state index contributed by atoms with van der Waals surface area (Å²) in [7, 11) is 1.70. The number of hydrogen-bond donors (Lipinski definition) is 1. The topological polar surface area (TPSA) is 46.6 Å². The fourth-order valence-corrected chi connectivity index (χ4v) is 3.37. The molecule has 1 aromatic heterocycles. The van der Waals surface area contributed by atoms with Crippen LogP contribution in [0.4, 0.5) is 5.82 Å². The molecule has 0 amide bonds. The Morgan fingerprint density at radius 2 is 1.88 bits per heavy atom. The van der Waals surface area contributed by atoms with Crippen molar-refractivity contribution in [3.8, 4) is 5.75 Å². The molecule has 2 fully saturated rings. The molecular weight excluding hydrogens is 314 g/mol. The first-order chi connectivity index (χ1) is 12.3. The van der Waals surface area contributed by atoms with E-state index >= 15 is 0 Å². The van der Waals surface area contributed by atoms with Gasteiger partial charge in [0.15, 0.2) is 0 Å². The van der Waals surface area contributed by atoms with Crippen molar-refractivity contribution in [2.24, 2.45) is 0 Å². The lowest BCUT2D eigenvalue weighted by molar-refractivity contribution is 0.122. The van der Waals surface area contributed by atoms with Crippen molar-refractivity contribution in [1.82, 2.24) is 10.3 Å². The summed E-state index contributed by atoms with van der Waals surface area (Å²) in [4.78, 5) is 6.91. The summed E-state index contributed by atoms with van der Waals surface area (Å²) >= 11 is 0. The van der Waals surface area contributed by atoms with Crippen LogP contribution in [0.15, 0.2) is 42.6 Å². The van der Waals surface area contributed by atoms with Gasteiger partial charge in [-0.05, 0) is 42.2 Å². The highest BCUT2D eigenvalue weighted by atomic mass is 16.5. The summed E-state index contributed by atoms with van der Waals surface area (Å²) in [5.41, 5.74) is 2.68. The van der Waals surface area contributed by atoms with E-state index in [9.17, 15) is 0 Å². The number of nitrogens with zero attached hydrogens (tertiary/aromatic N) is 2. The van der Waals surface area contributed by atoms with Crippen LogP contribution in [0, 0.1) is 0 Å². The molecule has 1 saturated heterocycles. The minimum Gasteiger partial charge on any atom is -0.497 e. The van der Waals surface area contributed by atoms with Crippen LogP contribution in [0.3, 0.4) is 0 Å². The predicted octanol–water partition coefficient (Wildman–Crippen LogP) is 2.71. The Labute approximate surface area is 149 Å². The highest BCUT2D eigenvalue weighted by molar-refractivity contribution is 5.40. The molecule has 1 aromatic carbocycles. The molecule has 0 radical (unpaired) electrons. The molecule has 25 heavy (non-hydrogen) atoms. The molecule has 2 aromatic rings. The highest BCUT2D eigenvalue weighted by Crippen LogP contribution is 2.46. The van der Waals surface area contributed by atoms with Crippen LogP contribution >= 0.6 is 0 Å². The lowest BCUT2D eigenvalue weighted by Gasteiger charge is -2.27. The van der Waals surface area contributed by atoms with Gasteiger partial charge in [0.1, 0.15) is 11.6 Å². The number of morpholine rings is 1. The quantitative estimate of drug-likeness (QED) is 0.877. The van der Waals surface area contributed by atoms with Crippen LogP contribution in [-0.2, 0) is 16.8 Å². The fraction of sp³-hybridized carbons (Fsp3) is 0.450. The average Bonchev–Trinajstić information content (AvgIpc) is 3.49. The van der Waals surface area contributed by atoms with Gasteiger partial charge in [0, 0.05) is 31.4 Å². The minimum absolute atomic E-state index is 0.120. The fourth-order valence-electron chi connectivity index (χ4n) is 3.37. The molecule has 1 aliphatic heterocycles. The smallest absolute Gasteiger partial charge is 0.128 e. The van der Waals surface area contributed by atoms with Gasteiger partial charge >= 0.3 is 0 Å². The van der Waals surface area contributed by atoms with E-state index in [0.29, 0.717) is 0 Å². The number of anilines is 1. The third-order valence-corrected chi connectivity index (χ3v) is 5.17. The van der Waals surface area contributed by atoms with Crippen LogP contribution in [-0.4, -0.2) is 38.4 Å². The van der Waals surface area contributed by atoms with Crippen LogP contribution in [0.2, 0.25) is 0 Å². The van der Waals surface area contributed by atoms with E-state index in [1.165, 1.54) is 24.0 Å². The zero-order valence-corrected chi connectivity index (χ0v) is 14.7. The second-order valence-electron chi connectivity index (χ2n) is 6.79. The lowest BCUT2D eigenvalue weighted by Crippen LogP contribution is -2.36. The number of nitrogens with one attached hydrogen (secondary N) is 1. The molecular formula is C20H25N3O2. The van der Waals surface area contributed by atoms with Crippen molar-refractivity contribution in [3.63, 3.8) is 0 Å². The molecule has 0 unspecified atom stereocenters. The van der Waals surface area contributed by atoms with E-state index in [0.717, 1.165) is 44.4 Å². The molecule has 5 heteroatoms. The number of methoxy groups -OCH3 is 1. The molecule has 2 heterocycles. The summed E-state index contributed by atoms with van der Waals surface area (Å²) in [6.07, 6.45) is 4.35. The van der Waals surface area contributed by atoms with E-state index in [-0.39, 0.29) is 5.54 Å². The third-order valence-electron chi connectivity index (χ3n) is 5.17. The Morgan fingerprint density at radius 3 is 2.48 bits per heavy atom. The Kier molecular flexibility index (Phi) is 4.59. The average molecular weight is 339 g/mol. The van der Waals surface area contributed by atoms with Gasteiger partial charge in [-0.1, -0.05) is 18.2 Å². The van der Waals surface area contributed by atoms with Crippen molar-refractivity contribution in [2.75, 3.05) is 38.3 Å². The molecule has 0 atom stereocenters. The van der Waals surface area contributed by atoms with Crippen LogP contribution < -0.4 is 15.0 Å². The first-order valence-electron chi connectivity index (χ1n) is 8.96. The predicted molar refractivity (Wildman–Crippen MR) is 98.0 cm³/mol. The second-order valence-corrected chi connectivity index (χ2v) is 6.79. The summed E-state index contributed by atoms with van der Waals surface area (Å²) in [5, 5.41) is 3.72. The van der Waals surface area contributed by atoms with Crippen LogP contribution in [0.25, 0.3) is 0 Å². The van der Waals surface area contributed by atoms with E-state index in [2.05, 4.69) is 39.5 Å². The summed E-state index contributed by atoms with van der Waals surface area (Å²) in [6, 6.07) is 12.7. The number of aromatic nitrogens is 1. The second kappa shape index (κ2) is 7.02. The minimum atomic E-state index is 0.120. The first kappa shape index (κ1) is 16.4. The summed E-state index contributed by atoms with van der Waals surface area (Å²) in [5.74, 6) is 1.95. The number of pyridine rings is 1. The molecule has 132 valence electrons. The van der Waals surface area contributed by atoms with E-state index in [1.807, 2.05) is 18.3 Å². The van der Waals surface area contributed by atoms with Crippen molar-refractivity contribution >= 4 is 5.82 Å². The van der Waals surface area contributed by atoms with Crippen molar-refractivity contribution in [1.29, 1.82) is 0 Å². The molecule has 0 bridgehead atoms. The molecule has 1 saturated carbocycles. The molecule has 2 aliphatic rings. The van der Waals surface area contributed by atoms with Crippen molar-refractivity contribution < 1.29 is 9.47 Å². The Bertz CT molecular complexity index is 690. The molecule has 1 N–H and O–H groups in total. The van der Waals surface area contributed by atoms with Gasteiger partial charge in [0.05, 0.1) is 20.3 Å². The van der Waals surface area contributed by atoms with Crippen molar-refractivity contribution in [2.45, 2.75) is 24.9 Å². The number of rotatable bonds is 6. The largest absolute Gasteiger partial charge is 0.497 e. The molecule has 0 spiro atoms. The van der Waals surface area contributed by atoms with Crippen LogP contribution in [0.1, 0.15) is 24.0 Å². The number of benzene rings is 1. The monoisotopic (exact) mass is 339 g/mol. The maximum atomic E-state index is 5.40. The van der Waals surface area contributed by atoms with Gasteiger partial charge in [0.25, 0.3) is 0 Å². The van der Waals surface area contributed by atoms with Gasteiger partial charge in [-0.3, -0.25) is 0 Å². The Morgan fingerprint density at radius 1 is 1.12 bits per heavy atom. The number of hydrogen-bond acceptors (Lipinski definition) is 5. The lowest BCUT2D eigenvalue weighted by atomic mass is 10.0. The summed E-state index contributed by atoms with van der Waals surface area (Å²) < 4.78 is 10.6. The third kappa shape index (κ3) is 3.62. The maximum absolute atomic E-state index is 5.40. The van der Waals surface area contributed by atoms with Gasteiger partial charge in [-0.25, -0.2) is 4.98 Å². The van der Waals surface area contributed by atoms with E-state index in [4.69, 9.17) is 9.47 Å². The molecule has 1 aliphatic carbocycles. The highest BCUT2D eigenvalue weighted by Gasteiger charge is 2.43. The zero-order valence-electron chi connectivity index (χ0n) is 14.7. The van der Waals surface area contributed by atoms with E-state index in [1.54, 1.807) is 7.11 Å².